The summed E-state index contributed by atoms with van der Waals surface area (Å²) in [5, 5.41) is 7.66. The number of ether oxygens (including phenoxy) is 1. The molecule has 86 valence electrons. The molecule has 0 spiro atoms. The second-order valence-corrected chi connectivity index (χ2v) is 3.94. The number of aromatic nitrogens is 2. The minimum atomic E-state index is 0.476. The van der Waals surface area contributed by atoms with E-state index in [9.17, 15) is 0 Å². The van der Waals surface area contributed by atoms with Gasteiger partial charge in [0.15, 0.2) is 0 Å². The third-order valence-corrected chi connectivity index (χ3v) is 2.73. The highest BCUT2D eigenvalue weighted by Crippen LogP contribution is 2.05. The Morgan fingerprint density at radius 2 is 2.33 bits per heavy atom. The Morgan fingerprint density at radius 3 is 2.87 bits per heavy atom. The quantitative estimate of drug-likeness (QED) is 0.769. The van der Waals surface area contributed by atoms with Crippen LogP contribution >= 0.6 is 0 Å². The molecule has 0 radical (unpaired) electrons. The van der Waals surface area contributed by atoms with Crippen LogP contribution in [0.2, 0.25) is 0 Å². The first-order valence-corrected chi connectivity index (χ1v) is 5.35. The van der Waals surface area contributed by atoms with Crippen LogP contribution < -0.4 is 5.32 Å². The van der Waals surface area contributed by atoms with E-state index in [-0.39, 0.29) is 0 Å². The lowest BCUT2D eigenvalue weighted by atomic mass is 10.2. The first-order valence-electron chi connectivity index (χ1n) is 5.35. The Labute approximate surface area is 91.6 Å². The van der Waals surface area contributed by atoms with Gasteiger partial charge in [-0.05, 0) is 20.3 Å². The third-order valence-electron chi connectivity index (χ3n) is 2.73. The Morgan fingerprint density at radius 1 is 1.60 bits per heavy atom. The van der Waals surface area contributed by atoms with E-state index >= 15 is 0 Å². The number of hydrogen-bond acceptors (Lipinski definition) is 3. The molecule has 4 heteroatoms. The lowest BCUT2D eigenvalue weighted by molar-refractivity contribution is 0.184. The zero-order valence-corrected chi connectivity index (χ0v) is 10.1. The average Bonchev–Trinajstić information content (AvgIpc) is 2.54. The SMILES string of the molecule is COCCC(C)NCc1cnn(C)c1C. The van der Waals surface area contributed by atoms with Crippen LogP contribution in [0.5, 0.6) is 0 Å². The molecule has 1 rings (SSSR count). The van der Waals surface area contributed by atoms with E-state index in [0.717, 1.165) is 19.6 Å². The Bertz CT molecular complexity index is 296. The summed E-state index contributed by atoms with van der Waals surface area (Å²) in [5.74, 6) is 0. The smallest absolute Gasteiger partial charge is 0.0537 e. The van der Waals surface area contributed by atoms with Crippen molar-refractivity contribution in [3.63, 3.8) is 0 Å². The van der Waals surface area contributed by atoms with Crippen LogP contribution in [0.3, 0.4) is 0 Å². The molecule has 0 aliphatic carbocycles. The molecule has 1 unspecified atom stereocenters. The van der Waals surface area contributed by atoms with Crippen LogP contribution in [-0.4, -0.2) is 29.5 Å². The topological polar surface area (TPSA) is 39.1 Å². The number of aryl methyl sites for hydroxylation is 1. The molecule has 15 heavy (non-hydrogen) atoms. The summed E-state index contributed by atoms with van der Waals surface area (Å²) in [6.45, 7) is 5.94. The van der Waals surface area contributed by atoms with Crippen molar-refractivity contribution >= 4 is 0 Å². The normalized spacial score (nSPS) is 13.1. The molecule has 1 aromatic rings. The number of nitrogens with zero attached hydrogens (tertiary/aromatic N) is 2. The molecule has 1 atom stereocenters. The molecule has 0 fully saturated rings. The van der Waals surface area contributed by atoms with Gasteiger partial charge in [-0.25, -0.2) is 0 Å². The highest BCUT2D eigenvalue weighted by Gasteiger charge is 2.05. The minimum Gasteiger partial charge on any atom is -0.385 e. The first-order chi connectivity index (χ1) is 7.15. The molecule has 0 aliphatic rings. The zero-order valence-electron chi connectivity index (χ0n) is 10.1. The minimum absolute atomic E-state index is 0.476. The summed E-state index contributed by atoms with van der Waals surface area (Å²) in [4.78, 5) is 0. The predicted octanol–water partition coefficient (Wildman–Crippen LogP) is 1.24. The van der Waals surface area contributed by atoms with Gasteiger partial charge in [0.1, 0.15) is 0 Å². The molecule has 1 N–H and O–H groups in total. The monoisotopic (exact) mass is 211 g/mol. The zero-order chi connectivity index (χ0) is 11.3. The fourth-order valence-corrected chi connectivity index (χ4v) is 1.40. The third kappa shape index (κ3) is 3.64. The van der Waals surface area contributed by atoms with Crippen molar-refractivity contribution in [1.29, 1.82) is 0 Å². The van der Waals surface area contributed by atoms with Crippen LogP contribution in [0.1, 0.15) is 24.6 Å². The van der Waals surface area contributed by atoms with Crippen LogP contribution in [0, 0.1) is 6.92 Å². The number of methoxy groups -OCH3 is 1. The van der Waals surface area contributed by atoms with Crippen molar-refractivity contribution in [3.8, 4) is 0 Å². The molecule has 0 saturated carbocycles. The van der Waals surface area contributed by atoms with Gasteiger partial charge in [-0.15, -0.1) is 0 Å². The second-order valence-electron chi connectivity index (χ2n) is 3.94. The van der Waals surface area contributed by atoms with E-state index < -0.39 is 0 Å². The Kier molecular flexibility index (Phi) is 4.78. The lowest BCUT2D eigenvalue weighted by Crippen LogP contribution is -2.26. The Balaban J connectivity index is 2.33. The molecule has 0 aromatic carbocycles. The fraction of sp³-hybridized carbons (Fsp3) is 0.727. The second kappa shape index (κ2) is 5.88. The van der Waals surface area contributed by atoms with Crippen molar-refractivity contribution in [2.75, 3.05) is 13.7 Å². The average molecular weight is 211 g/mol. The maximum absolute atomic E-state index is 5.04. The summed E-state index contributed by atoms with van der Waals surface area (Å²) in [5.41, 5.74) is 2.49. The standard InChI is InChI=1S/C11H21N3O/c1-9(5-6-15-4)12-7-11-8-13-14(3)10(11)2/h8-9,12H,5-7H2,1-4H3. The van der Waals surface area contributed by atoms with Crippen molar-refractivity contribution in [2.24, 2.45) is 7.05 Å². The highest BCUT2D eigenvalue weighted by molar-refractivity contribution is 5.15. The molecule has 4 nitrogen and oxygen atoms in total. The van der Waals surface area contributed by atoms with Gasteiger partial charge in [-0.3, -0.25) is 4.68 Å². The van der Waals surface area contributed by atoms with E-state index in [4.69, 9.17) is 4.74 Å². The van der Waals surface area contributed by atoms with E-state index in [0.29, 0.717) is 6.04 Å². The van der Waals surface area contributed by atoms with E-state index in [1.54, 1.807) is 7.11 Å². The first kappa shape index (κ1) is 12.2. The molecular weight excluding hydrogens is 190 g/mol. The van der Waals surface area contributed by atoms with Crippen LogP contribution in [0.4, 0.5) is 0 Å². The highest BCUT2D eigenvalue weighted by atomic mass is 16.5. The van der Waals surface area contributed by atoms with Gasteiger partial charge in [0.2, 0.25) is 0 Å². The molecule has 0 aliphatic heterocycles. The molecular formula is C11H21N3O. The van der Waals surface area contributed by atoms with Gasteiger partial charge in [0.25, 0.3) is 0 Å². The van der Waals surface area contributed by atoms with Gasteiger partial charge in [0.05, 0.1) is 6.20 Å². The van der Waals surface area contributed by atoms with Gasteiger partial charge in [-0.2, -0.15) is 5.10 Å². The summed E-state index contributed by atoms with van der Waals surface area (Å²) in [7, 11) is 3.70. The van der Waals surface area contributed by atoms with Crippen molar-refractivity contribution < 1.29 is 4.74 Å². The molecule has 0 bridgehead atoms. The summed E-state index contributed by atoms with van der Waals surface area (Å²) in [6.07, 6.45) is 2.96. The van der Waals surface area contributed by atoms with Crippen molar-refractivity contribution in [1.82, 2.24) is 15.1 Å². The van der Waals surface area contributed by atoms with E-state index in [1.165, 1.54) is 11.3 Å². The van der Waals surface area contributed by atoms with Gasteiger partial charge in [0, 0.05) is 44.6 Å². The van der Waals surface area contributed by atoms with Crippen LogP contribution in [0.15, 0.2) is 6.20 Å². The Hall–Kier alpha value is -0.870. The van der Waals surface area contributed by atoms with Crippen LogP contribution in [-0.2, 0) is 18.3 Å². The van der Waals surface area contributed by atoms with Crippen LogP contribution in [0.25, 0.3) is 0 Å². The lowest BCUT2D eigenvalue weighted by Gasteiger charge is -2.12. The molecule has 0 saturated heterocycles. The fourth-order valence-electron chi connectivity index (χ4n) is 1.40. The maximum Gasteiger partial charge on any atom is 0.0537 e. The van der Waals surface area contributed by atoms with E-state index in [1.807, 2.05) is 17.9 Å². The predicted molar refractivity (Wildman–Crippen MR) is 60.7 cm³/mol. The van der Waals surface area contributed by atoms with Gasteiger partial charge >= 0.3 is 0 Å². The van der Waals surface area contributed by atoms with Gasteiger partial charge < -0.3 is 10.1 Å². The maximum atomic E-state index is 5.04. The number of hydrogen-bond donors (Lipinski definition) is 1. The van der Waals surface area contributed by atoms with Gasteiger partial charge in [-0.1, -0.05) is 0 Å². The largest absolute Gasteiger partial charge is 0.385 e. The summed E-state index contributed by atoms with van der Waals surface area (Å²) >= 11 is 0. The van der Waals surface area contributed by atoms with Crippen molar-refractivity contribution in [3.05, 3.63) is 17.5 Å². The van der Waals surface area contributed by atoms with Crippen molar-refractivity contribution in [2.45, 2.75) is 32.9 Å². The molecule has 1 aromatic heterocycles. The molecule has 1 heterocycles. The molecule has 0 amide bonds. The number of nitrogens with one attached hydrogen (secondary N) is 1. The van der Waals surface area contributed by atoms with E-state index in [2.05, 4.69) is 24.3 Å². The number of rotatable bonds is 6. The summed E-state index contributed by atoms with van der Waals surface area (Å²) in [6, 6.07) is 0.476. The summed E-state index contributed by atoms with van der Waals surface area (Å²) < 4.78 is 6.94.